The molecule has 1 aliphatic rings. The van der Waals surface area contributed by atoms with Crippen LogP contribution in [0.2, 0.25) is 0 Å². The van der Waals surface area contributed by atoms with Crippen molar-refractivity contribution in [2.24, 2.45) is 0 Å². The summed E-state index contributed by atoms with van der Waals surface area (Å²) in [5.41, 5.74) is 1.16. The first-order chi connectivity index (χ1) is 10.2. The zero-order valence-electron chi connectivity index (χ0n) is 12.2. The Morgan fingerprint density at radius 3 is 2.52 bits per heavy atom. The maximum Gasteiger partial charge on any atom is 0.188 e. The molecule has 1 aromatic carbocycles. The third kappa shape index (κ3) is 3.98. The molecule has 0 aliphatic carbocycles. The molecule has 2 heterocycles. The number of aromatic amines is 1. The predicted octanol–water partition coefficient (Wildman–Crippen LogP) is 3.32. The SMILES string of the molecule is CC1CC(Nc2ccc(Sc3ncn[nH]3)cc2)CC(C)O1. The van der Waals surface area contributed by atoms with E-state index < -0.39 is 0 Å². The van der Waals surface area contributed by atoms with Gasteiger partial charge in [-0.25, -0.2) is 4.98 Å². The number of ether oxygens (including phenoxy) is 1. The lowest BCUT2D eigenvalue weighted by atomic mass is 9.99. The van der Waals surface area contributed by atoms with Gasteiger partial charge in [-0.1, -0.05) is 11.8 Å². The molecule has 0 radical (unpaired) electrons. The maximum absolute atomic E-state index is 5.77. The predicted molar refractivity (Wildman–Crippen MR) is 83.6 cm³/mol. The number of hydrogen-bond acceptors (Lipinski definition) is 5. The van der Waals surface area contributed by atoms with Crippen LogP contribution < -0.4 is 5.32 Å². The number of anilines is 1. The van der Waals surface area contributed by atoms with E-state index >= 15 is 0 Å². The van der Waals surface area contributed by atoms with E-state index in [1.54, 1.807) is 11.8 Å². The van der Waals surface area contributed by atoms with Crippen LogP contribution in [0.15, 0.2) is 40.6 Å². The molecule has 2 unspecified atom stereocenters. The highest BCUT2D eigenvalue weighted by Gasteiger charge is 2.24. The second-order valence-corrected chi connectivity index (χ2v) is 6.55. The summed E-state index contributed by atoms with van der Waals surface area (Å²) >= 11 is 1.57. The van der Waals surface area contributed by atoms with E-state index in [-0.39, 0.29) is 0 Å². The zero-order chi connectivity index (χ0) is 14.7. The maximum atomic E-state index is 5.77. The highest BCUT2D eigenvalue weighted by molar-refractivity contribution is 7.99. The minimum absolute atomic E-state index is 0.326. The molecule has 1 saturated heterocycles. The van der Waals surface area contributed by atoms with Gasteiger partial charge in [0.1, 0.15) is 6.33 Å². The Kier molecular flexibility index (Phi) is 4.45. The van der Waals surface area contributed by atoms with Gasteiger partial charge in [0.2, 0.25) is 0 Å². The normalized spacial score (nSPS) is 25.7. The van der Waals surface area contributed by atoms with E-state index in [1.807, 2.05) is 0 Å². The highest BCUT2D eigenvalue weighted by Crippen LogP contribution is 2.27. The molecular formula is C15H20N4OS. The fourth-order valence-corrected chi connectivity index (χ4v) is 3.43. The molecule has 1 fully saturated rings. The number of nitrogens with one attached hydrogen (secondary N) is 2. The molecule has 5 nitrogen and oxygen atoms in total. The van der Waals surface area contributed by atoms with Crippen molar-refractivity contribution in [3.63, 3.8) is 0 Å². The Morgan fingerprint density at radius 1 is 1.19 bits per heavy atom. The number of aromatic nitrogens is 3. The van der Waals surface area contributed by atoms with Gasteiger partial charge < -0.3 is 10.1 Å². The Morgan fingerprint density at radius 2 is 1.90 bits per heavy atom. The average Bonchev–Trinajstić information content (AvgIpc) is 2.93. The van der Waals surface area contributed by atoms with Crippen LogP contribution >= 0.6 is 11.8 Å². The van der Waals surface area contributed by atoms with Crippen LogP contribution in [0.25, 0.3) is 0 Å². The van der Waals surface area contributed by atoms with Crippen molar-refractivity contribution in [3.8, 4) is 0 Å². The summed E-state index contributed by atoms with van der Waals surface area (Å²) in [5.74, 6) is 0. The van der Waals surface area contributed by atoms with Gasteiger partial charge in [-0.3, -0.25) is 5.10 Å². The van der Waals surface area contributed by atoms with Crippen molar-refractivity contribution in [2.75, 3.05) is 5.32 Å². The van der Waals surface area contributed by atoms with E-state index in [9.17, 15) is 0 Å². The van der Waals surface area contributed by atoms with E-state index in [4.69, 9.17) is 4.74 Å². The van der Waals surface area contributed by atoms with Crippen LogP contribution in [0, 0.1) is 0 Å². The van der Waals surface area contributed by atoms with Crippen molar-refractivity contribution in [3.05, 3.63) is 30.6 Å². The minimum atomic E-state index is 0.326. The third-order valence-electron chi connectivity index (χ3n) is 3.53. The van der Waals surface area contributed by atoms with Gasteiger partial charge in [-0.2, -0.15) is 5.10 Å². The summed E-state index contributed by atoms with van der Waals surface area (Å²) in [6.07, 6.45) is 4.28. The molecule has 112 valence electrons. The summed E-state index contributed by atoms with van der Waals surface area (Å²) in [7, 11) is 0. The van der Waals surface area contributed by atoms with E-state index in [0.717, 1.165) is 28.6 Å². The molecule has 1 aromatic heterocycles. The summed E-state index contributed by atoms with van der Waals surface area (Å²) in [6, 6.07) is 8.91. The third-order valence-corrected chi connectivity index (χ3v) is 4.43. The number of nitrogens with zero attached hydrogens (tertiary/aromatic N) is 2. The molecule has 21 heavy (non-hydrogen) atoms. The average molecular weight is 304 g/mol. The molecule has 0 saturated carbocycles. The lowest BCUT2D eigenvalue weighted by Crippen LogP contribution is -2.36. The van der Waals surface area contributed by atoms with Crippen molar-refractivity contribution < 1.29 is 4.74 Å². The van der Waals surface area contributed by atoms with Crippen LogP contribution in [0.3, 0.4) is 0 Å². The van der Waals surface area contributed by atoms with Gasteiger partial charge >= 0.3 is 0 Å². The van der Waals surface area contributed by atoms with E-state index in [1.165, 1.54) is 6.33 Å². The molecule has 2 atom stereocenters. The van der Waals surface area contributed by atoms with Crippen LogP contribution in [-0.4, -0.2) is 33.4 Å². The summed E-state index contributed by atoms with van der Waals surface area (Å²) < 4.78 is 5.77. The summed E-state index contributed by atoms with van der Waals surface area (Å²) in [6.45, 7) is 4.28. The van der Waals surface area contributed by atoms with Crippen LogP contribution in [-0.2, 0) is 4.74 Å². The molecule has 0 bridgehead atoms. The molecule has 2 N–H and O–H groups in total. The van der Waals surface area contributed by atoms with Gasteiger partial charge in [-0.15, -0.1) is 0 Å². The smallest absolute Gasteiger partial charge is 0.188 e. The number of benzene rings is 1. The van der Waals surface area contributed by atoms with Crippen molar-refractivity contribution >= 4 is 17.4 Å². The molecule has 6 heteroatoms. The van der Waals surface area contributed by atoms with Crippen LogP contribution in [0.4, 0.5) is 5.69 Å². The second-order valence-electron chi connectivity index (χ2n) is 5.49. The van der Waals surface area contributed by atoms with Gasteiger partial charge in [0, 0.05) is 16.6 Å². The van der Waals surface area contributed by atoms with Crippen molar-refractivity contribution in [1.82, 2.24) is 15.2 Å². The van der Waals surface area contributed by atoms with E-state index in [2.05, 4.69) is 58.6 Å². The Bertz CT molecular complexity index is 548. The summed E-state index contributed by atoms with van der Waals surface area (Å²) in [4.78, 5) is 5.26. The standard InChI is InChI=1S/C15H20N4OS/c1-10-7-13(8-11(2)20-10)18-12-3-5-14(6-4-12)21-15-16-9-17-19-15/h3-6,9-11,13,18H,7-8H2,1-2H3,(H,16,17,19). The van der Waals surface area contributed by atoms with Crippen LogP contribution in [0.1, 0.15) is 26.7 Å². The Labute approximate surface area is 128 Å². The van der Waals surface area contributed by atoms with Gasteiger partial charge in [0.15, 0.2) is 5.16 Å². The topological polar surface area (TPSA) is 62.8 Å². The first-order valence-electron chi connectivity index (χ1n) is 7.24. The monoisotopic (exact) mass is 304 g/mol. The fraction of sp³-hybridized carbons (Fsp3) is 0.467. The number of hydrogen-bond donors (Lipinski definition) is 2. The molecule has 3 rings (SSSR count). The Balaban J connectivity index is 1.59. The highest BCUT2D eigenvalue weighted by atomic mass is 32.2. The fourth-order valence-electron chi connectivity index (χ4n) is 2.73. The molecule has 1 aliphatic heterocycles. The molecule has 2 aromatic rings. The molecule has 0 amide bonds. The molecule has 0 spiro atoms. The lowest BCUT2D eigenvalue weighted by Gasteiger charge is -2.33. The van der Waals surface area contributed by atoms with Gasteiger partial charge in [-0.05, 0) is 51.0 Å². The summed E-state index contributed by atoms with van der Waals surface area (Å²) in [5, 5.41) is 11.1. The van der Waals surface area contributed by atoms with Crippen molar-refractivity contribution in [1.29, 1.82) is 0 Å². The van der Waals surface area contributed by atoms with E-state index in [0.29, 0.717) is 18.2 Å². The Hall–Kier alpha value is -1.53. The molecular weight excluding hydrogens is 284 g/mol. The van der Waals surface area contributed by atoms with Gasteiger partial charge in [0.25, 0.3) is 0 Å². The number of rotatable bonds is 4. The van der Waals surface area contributed by atoms with Crippen LogP contribution in [0.5, 0.6) is 0 Å². The van der Waals surface area contributed by atoms with Gasteiger partial charge in [0.05, 0.1) is 12.2 Å². The lowest BCUT2D eigenvalue weighted by molar-refractivity contribution is -0.0337. The first-order valence-corrected chi connectivity index (χ1v) is 8.06. The quantitative estimate of drug-likeness (QED) is 0.907. The minimum Gasteiger partial charge on any atom is -0.382 e. The number of H-pyrrole nitrogens is 1. The first kappa shape index (κ1) is 14.4. The van der Waals surface area contributed by atoms with Crippen molar-refractivity contribution in [2.45, 2.75) is 55.0 Å². The second kappa shape index (κ2) is 6.49. The zero-order valence-corrected chi connectivity index (χ0v) is 13.1. The largest absolute Gasteiger partial charge is 0.382 e.